The molecule has 0 aromatic heterocycles. The summed E-state index contributed by atoms with van der Waals surface area (Å²) in [6.07, 6.45) is 10.4. The van der Waals surface area contributed by atoms with Gasteiger partial charge in [0.2, 0.25) is 0 Å². The first-order valence-corrected chi connectivity index (χ1v) is 20.9. The number of hydrogen-bond acceptors (Lipinski definition) is 7. The molecule has 59 heavy (non-hydrogen) atoms. The lowest BCUT2D eigenvalue weighted by molar-refractivity contribution is 0.112. The molecular formula is C52H47NO6. The molecule has 11 rings (SSSR count). The first-order valence-electron chi connectivity index (χ1n) is 20.9. The normalized spacial score (nSPS) is 23.5. The number of anilines is 1. The summed E-state index contributed by atoms with van der Waals surface area (Å²) in [6.45, 7) is 2.83. The lowest BCUT2D eigenvalue weighted by Crippen LogP contribution is -2.38. The van der Waals surface area contributed by atoms with E-state index in [0.717, 1.165) is 93.1 Å². The summed E-state index contributed by atoms with van der Waals surface area (Å²) in [5.41, 5.74) is 11.1. The van der Waals surface area contributed by atoms with Crippen LogP contribution in [0.3, 0.4) is 0 Å². The number of morpholine rings is 1. The molecule has 0 N–H and O–H groups in total. The van der Waals surface area contributed by atoms with Crippen LogP contribution in [-0.4, -0.2) is 53.9 Å². The van der Waals surface area contributed by atoms with E-state index in [2.05, 4.69) is 83.8 Å². The Morgan fingerprint density at radius 3 is 2.25 bits per heavy atom. The Kier molecular flexibility index (Phi) is 8.42. The van der Waals surface area contributed by atoms with Crippen LogP contribution in [0.1, 0.15) is 63.9 Å². The first-order chi connectivity index (χ1) is 29.0. The molecule has 3 fully saturated rings. The van der Waals surface area contributed by atoms with Gasteiger partial charge in [-0.25, -0.2) is 0 Å². The van der Waals surface area contributed by atoms with E-state index in [-0.39, 0.29) is 5.41 Å². The molecule has 1 saturated heterocycles. The van der Waals surface area contributed by atoms with E-state index in [1.165, 1.54) is 41.5 Å². The van der Waals surface area contributed by atoms with Crippen LogP contribution in [-0.2, 0) is 15.8 Å². The van der Waals surface area contributed by atoms with Crippen LogP contribution >= 0.6 is 0 Å². The molecule has 6 aromatic rings. The Morgan fingerprint density at radius 2 is 1.54 bits per heavy atom. The predicted molar refractivity (Wildman–Crippen MR) is 232 cm³/mol. The lowest BCUT2D eigenvalue weighted by atomic mass is 9.65. The maximum absolute atomic E-state index is 12.0. The van der Waals surface area contributed by atoms with E-state index in [1.54, 1.807) is 21.3 Å². The van der Waals surface area contributed by atoms with E-state index in [9.17, 15) is 4.79 Å². The standard InChI is InChI=1S/C52H47NO6/c1-55-38-17-11-34(12-18-38)41-28-42-43(29-47(41)57-3)50-40(49-48(42)39-6-4-5-7-44(39)51(49)30-33-10-15-36(51)26-33)20-21-52(59-50,35-13-8-32(31-54)9-14-35)37-16-19-46(56-2)45(27-37)53-22-24-58-25-23-53/h4-9,11-14,16-21,27-29,31,33,36H,10,15,22-26,30H2,1-3H3. The number of fused-ring (bicyclic) bond motifs is 13. The van der Waals surface area contributed by atoms with Crippen molar-refractivity contribution >= 4 is 28.8 Å². The third-order valence-corrected chi connectivity index (χ3v) is 14.2. The van der Waals surface area contributed by atoms with Gasteiger partial charge in [0.1, 0.15) is 29.3 Å². The molecule has 2 aliphatic heterocycles. The van der Waals surface area contributed by atoms with Gasteiger partial charge in [-0.1, -0.05) is 79.2 Å². The topological polar surface area (TPSA) is 66.5 Å². The molecule has 4 atom stereocenters. The summed E-state index contributed by atoms with van der Waals surface area (Å²) in [6, 6.07) is 36.2. The summed E-state index contributed by atoms with van der Waals surface area (Å²) in [5.74, 6) is 4.49. The highest BCUT2D eigenvalue weighted by atomic mass is 16.5. The van der Waals surface area contributed by atoms with E-state index >= 15 is 0 Å². The van der Waals surface area contributed by atoms with Crippen LogP contribution in [0.2, 0.25) is 0 Å². The Morgan fingerprint density at radius 1 is 0.763 bits per heavy atom. The van der Waals surface area contributed by atoms with Crippen LogP contribution in [0.25, 0.3) is 39.1 Å². The number of hydrogen-bond donors (Lipinski definition) is 0. The summed E-state index contributed by atoms with van der Waals surface area (Å²) in [5, 5.41) is 2.16. The molecule has 0 amide bonds. The Balaban J connectivity index is 1.21. The van der Waals surface area contributed by atoms with Gasteiger partial charge in [-0.2, -0.15) is 0 Å². The first kappa shape index (κ1) is 36.1. The van der Waals surface area contributed by atoms with E-state index < -0.39 is 5.60 Å². The zero-order chi connectivity index (χ0) is 39.9. The maximum Gasteiger partial charge on any atom is 0.178 e. The van der Waals surface area contributed by atoms with Gasteiger partial charge in [0.15, 0.2) is 5.60 Å². The number of nitrogens with zero attached hydrogens (tertiary/aromatic N) is 1. The van der Waals surface area contributed by atoms with Crippen molar-refractivity contribution in [1.29, 1.82) is 0 Å². The number of aldehydes is 1. The quantitative estimate of drug-likeness (QED) is 0.143. The largest absolute Gasteiger partial charge is 0.497 e. The van der Waals surface area contributed by atoms with Crippen molar-refractivity contribution in [3.63, 3.8) is 0 Å². The maximum atomic E-state index is 12.0. The van der Waals surface area contributed by atoms with Crippen LogP contribution < -0.4 is 23.8 Å². The number of ether oxygens (including phenoxy) is 5. The van der Waals surface area contributed by atoms with Crippen LogP contribution in [0.5, 0.6) is 23.0 Å². The van der Waals surface area contributed by atoms with Crippen molar-refractivity contribution in [2.45, 2.75) is 36.7 Å². The summed E-state index contributed by atoms with van der Waals surface area (Å²) in [4.78, 5) is 14.3. The van der Waals surface area contributed by atoms with Crippen molar-refractivity contribution in [1.82, 2.24) is 0 Å². The molecule has 2 heterocycles. The Hall–Kier alpha value is -6.05. The average Bonchev–Trinajstić information content (AvgIpc) is 4.01. The van der Waals surface area contributed by atoms with Gasteiger partial charge in [-0.3, -0.25) is 4.79 Å². The van der Waals surface area contributed by atoms with Crippen molar-refractivity contribution in [3.8, 4) is 45.3 Å². The molecule has 1 spiro atoms. The van der Waals surface area contributed by atoms with Gasteiger partial charge < -0.3 is 28.6 Å². The fourth-order valence-electron chi connectivity index (χ4n) is 11.5. The average molecular weight is 782 g/mol. The highest BCUT2D eigenvalue weighted by Crippen LogP contribution is 2.69. The van der Waals surface area contributed by atoms with E-state index in [1.807, 2.05) is 36.4 Å². The third kappa shape index (κ3) is 5.26. The van der Waals surface area contributed by atoms with Gasteiger partial charge >= 0.3 is 0 Å². The molecule has 3 aliphatic carbocycles. The molecule has 4 unspecified atom stereocenters. The van der Waals surface area contributed by atoms with E-state index in [0.29, 0.717) is 30.6 Å². The second kappa shape index (κ2) is 13.8. The molecule has 2 bridgehead atoms. The van der Waals surface area contributed by atoms with Gasteiger partial charge in [-0.05, 0) is 107 Å². The monoisotopic (exact) mass is 781 g/mol. The van der Waals surface area contributed by atoms with E-state index in [4.69, 9.17) is 23.7 Å². The Labute approximate surface area is 345 Å². The Bertz CT molecular complexity index is 2680. The van der Waals surface area contributed by atoms with Gasteiger partial charge in [0.05, 0.1) is 40.2 Å². The zero-order valence-electron chi connectivity index (χ0n) is 33.8. The molecule has 2 saturated carbocycles. The molecule has 296 valence electrons. The fraction of sp³-hybridized carbons (Fsp3) is 0.288. The molecule has 7 heteroatoms. The van der Waals surface area contributed by atoms with Gasteiger partial charge in [-0.15, -0.1) is 0 Å². The predicted octanol–water partition coefficient (Wildman–Crippen LogP) is 10.6. The second-order valence-corrected chi connectivity index (χ2v) is 16.8. The molecule has 5 aliphatic rings. The number of carbonyl (C=O) groups excluding carboxylic acids is 1. The van der Waals surface area contributed by atoms with Crippen molar-refractivity contribution in [2.75, 3.05) is 52.5 Å². The fourth-order valence-corrected chi connectivity index (χ4v) is 11.5. The summed E-state index contributed by atoms with van der Waals surface area (Å²) in [7, 11) is 5.17. The highest BCUT2D eigenvalue weighted by Gasteiger charge is 2.58. The second-order valence-electron chi connectivity index (χ2n) is 16.8. The molecule has 6 aromatic carbocycles. The number of benzene rings is 6. The molecule has 0 radical (unpaired) electrons. The zero-order valence-corrected chi connectivity index (χ0v) is 33.8. The molecule has 7 nitrogen and oxygen atoms in total. The van der Waals surface area contributed by atoms with Gasteiger partial charge in [0.25, 0.3) is 0 Å². The van der Waals surface area contributed by atoms with Crippen LogP contribution in [0.15, 0.2) is 109 Å². The van der Waals surface area contributed by atoms with Crippen LogP contribution in [0.4, 0.5) is 5.69 Å². The number of rotatable bonds is 8. The van der Waals surface area contributed by atoms with Crippen LogP contribution in [0, 0.1) is 11.8 Å². The third-order valence-electron chi connectivity index (χ3n) is 14.2. The summed E-state index contributed by atoms with van der Waals surface area (Å²) >= 11 is 0. The van der Waals surface area contributed by atoms with Gasteiger partial charge in [0, 0.05) is 51.7 Å². The smallest absolute Gasteiger partial charge is 0.178 e. The SMILES string of the molecule is COc1ccc(-c2cc3c4c(c5c(c3cc2OC)OC(c2ccc(C=O)cc2)(c2ccc(OC)c(N3CCOCC3)c2)C=C5)C2(CC3CCC2C3)c2ccccc2-4)cc1. The molecular weight excluding hydrogens is 735 g/mol. The minimum absolute atomic E-state index is 0.101. The minimum atomic E-state index is -1.04. The highest BCUT2D eigenvalue weighted by molar-refractivity contribution is 6.11. The summed E-state index contributed by atoms with van der Waals surface area (Å²) < 4.78 is 31.4. The minimum Gasteiger partial charge on any atom is -0.497 e. The number of methoxy groups -OCH3 is 3. The lowest BCUT2D eigenvalue weighted by Gasteiger charge is -2.41. The van der Waals surface area contributed by atoms with Crippen molar-refractivity contribution in [2.24, 2.45) is 11.8 Å². The van der Waals surface area contributed by atoms with Crippen molar-refractivity contribution in [3.05, 3.63) is 143 Å². The number of carbonyl (C=O) groups is 1. The van der Waals surface area contributed by atoms with Crippen molar-refractivity contribution < 1.29 is 28.5 Å².